The molecule has 184 valence electrons. The monoisotopic (exact) mass is 517 g/mol. The molecule has 1 fully saturated rings. The van der Waals surface area contributed by atoms with Crippen molar-refractivity contribution in [2.45, 2.75) is 6.17 Å². The highest BCUT2D eigenvalue weighted by Crippen LogP contribution is 2.34. The summed E-state index contributed by atoms with van der Waals surface area (Å²) >= 11 is 7.77. The first-order valence-corrected chi connectivity index (χ1v) is 13.6. The number of rotatable bonds is 5. The zero-order valence-electron chi connectivity index (χ0n) is 19.9. The Kier molecular flexibility index (Phi) is 6.52. The fourth-order valence-corrected chi connectivity index (χ4v) is 5.88. The minimum Gasteiger partial charge on any atom is -0.380 e. The molecule has 2 N–H and O–H groups in total. The number of nitrogens with zero attached hydrogens (tertiary/aromatic N) is 3. The minimum atomic E-state index is 0.0693. The van der Waals surface area contributed by atoms with Crippen LogP contribution in [0, 0.1) is 0 Å². The van der Waals surface area contributed by atoms with Gasteiger partial charge in [0.1, 0.15) is 6.17 Å². The van der Waals surface area contributed by atoms with E-state index in [2.05, 4.69) is 75.2 Å². The number of amides is 1. The summed E-state index contributed by atoms with van der Waals surface area (Å²) in [6, 6.07) is 18.5. The lowest BCUT2D eigenvalue weighted by Gasteiger charge is -2.36. The topological polar surface area (TPSA) is 50.9 Å². The van der Waals surface area contributed by atoms with Gasteiger partial charge in [0, 0.05) is 50.1 Å². The normalized spacial score (nSPS) is 21.6. The number of hydrogen-bond donors (Lipinski definition) is 2. The molecule has 1 saturated heterocycles. The van der Waals surface area contributed by atoms with Crippen LogP contribution in [0.4, 0.5) is 0 Å². The predicted octanol–water partition coefficient (Wildman–Crippen LogP) is 4.13. The fraction of sp³-hybridized carbons (Fsp3) is 0.250. The second kappa shape index (κ2) is 10.1. The Morgan fingerprint density at radius 3 is 2.50 bits per heavy atom. The number of carbonyl (C=O) groups excluding carboxylic acids is 1. The second-order valence-corrected chi connectivity index (χ2v) is 10.7. The molecule has 0 aromatic heterocycles. The minimum absolute atomic E-state index is 0.0693. The van der Waals surface area contributed by atoms with Crippen LogP contribution < -0.4 is 10.6 Å². The molecular formula is C28H28ClN5OS. The number of piperazine rings is 1. The number of fused-ring (bicyclic) bond motifs is 1. The summed E-state index contributed by atoms with van der Waals surface area (Å²) in [5.74, 6) is 0.921. The molecule has 4 aliphatic rings. The van der Waals surface area contributed by atoms with E-state index in [0.717, 1.165) is 59.8 Å². The SMILES string of the molecule is O=C(C1=CNCS1)N1CCN(CC2=C(c3ccc(Cl)cc3)NC3C=CC(c4ccccc4)=CN23)CC1. The molecule has 4 aliphatic heterocycles. The summed E-state index contributed by atoms with van der Waals surface area (Å²) in [4.78, 5) is 20.4. The van der Waals surface area contributed by atoms with Gasteiger partial charge in [-0.1, -0.05) is 71.9 Å². The van der Waals surface area contributed by atoms with Gasteiger partial charge >= 0.3 is 0 Å². The summed E-state index contributed by atoms with van der Waals surface area (Å²) in [6.45, 7) is 3.97. The largest absolute Gasteiger partial charge is 0.380 e. The molecule has 0 aliphatic carbocycles. The average Bonchev–Trinajstić information content (AvgIpc) is 3.58. The predicted molar refractivity (Wildman–Crippen MR) is 147 cm³/mol. The van der Waals surface area contributed by atoms with Crippen molar-refractivity contribution >= 4 is 40.5 Å². The molecule has 1 unspecified atom stereocenters. The van der Waals surface area contributed by atoms with Gasteiger partial charge in [0.15, 0.2) is 0 Å². The van der Waals surface area contributed by atoms with Crippen molar-refractivity contribution < 1.29 is 4.79 Å². The fourth-order valence-electron chi connectivity index (χ4n) is 5.01. The van der Waals surface area contributed by atoms with Gasteiger partial charge in [-0.25, -0.2) is 0 Å². The summed E-state index contributed by atoms with van der Waals surface area (Å²) in [5.41, 5.74) is 5.88. The van der Waals surface area contributed by atoms with Crippen LogP contribution in [-0.2, 0) is 4.79 Å². The van der Waals surface area contributed by atoms with Gasteiger partial charge in [0.25, 0.3) is 5.91 Å². The van der Waals surface area contributed by atoms with Crippen molar-refractivity contribution in [2.24, 2.45) is 0 Å². The number of benzene rings is 2. The molecular weight excluding hydrogens is 490 g/mol. The lowest BCUT2D eigenvalue weighted by atomic mass is 10.0. The number of halogens is 1. The smallest absolute Gasteiger partial charge is 0.261 e. The van der Waals surface area contributed by atoms with E-state index < -0.39 is 0 Å². The highest BCUT2D eigenvalue weighted by molar-refractivity contribution is 8.04. The maximum absolute atomic E-state index is 12.8. The molecule has 0 spiro atoms. The lowest BCUT2D eigenvalue weighted by molar-refractivity contribution is -0.128. The van der Waals surface area contributed by atoms with Gasteiger partial charge in [0.2, 0.25) is 0 Å². The molecule has 36 heavy (non-hydrogen) atoms. The first kappa shape index (κ1) is 23.3. The Morgan fingerprint density at radius 1 is 1.00 bits per heavy atom. The van der Waals surface area contributed by atoms with Crippen LogP contribution in [-0.4, -0.2) is 65.4 Å². The van der Waals surface area contributed by atoms with Gasteiger partial charge in [-0.3, -0.25) is 9.69 Å². The molecule has 2 aromatic carbocycles. The summed E-state index contributed by atoms with van der Waals surface area (Å²) in [6.07, 6.45) is 8.58. The van der Waals surface area contributed by atoms with E-state index in [9.17, 15) is 4.79 Å². The molecule has 1 atom stereocenters. The first-order chi connectivity index (χ1) is 17.7. The van der Waals surface area contributed by atoms with Crippen molar-refractivity contribution in [1.29, 1.82) is 0 Å². The van der Waals surface area contributed by atoms with Crippen LogP contribution >= 0.6 is 23.4 Å². The third-order valence-corrected chi connectivity index (χ3v) is 8.12. The van der Waals surface area contributed by atoms with Crippen LogP contribution in [0.3, 0.4) is 0 Å². The summed E-state index contributed by atoms with van der Waals surface area (Å²) < 4.78 is 0. The third-order valence-electron chi connectivity index (χ3n) is 6.96. The average molecular weight is 518 g/mol. The van der Waals surface area contributed by atoms with Gasteiger partial charge < -0.3 is 20.4 Å². The molecule has 8 heteroatoms. The quantitative estimate of drug-likeness (QED) is 0.622. The van der Waals surface area contributed by atoms with Crippen LogP contribution in [0.2, 0.25) is 5.02 Å². The van der Waals surface area contributed by atoms with Crippen molar-refractivity contribution in [1.82, 2.24) is 25.3 Å². The Balaban J connectivity index is 1.25. The Labute approximate surface area is 221 Å². The van der Waals surface area contributed by atoms with Gasteiger partial charge in [-0.05, 0) is 34.9 Å². The summed E-state index contributed by atoms with van der Waals surface area (Å²) in [5, 5.41) is 7.58. The Hall–Kier alpha value is -3.13. The van der Waals surface area contributed by atoms with Gasteiger partial charge in [-0.2, -0.15) is 0 Å². The molecule has 0 radical (unpaired) electrons. The Bertz CT molecular complexity index is 1260. The lowest BCUT2D eigenvalue weighted by Crippen LogP contribution is -2.50. The zero-order valence-corrected chi connectivity index (χ0v) is 21.4. The molecule has 1 amide bonds. The molecule has 4 heterocycles. The zero-order chi connectivity index (χ0) is 24.5. The van der Waals surface area contributed by atoms with Crippen LogP contribution in [0.1, 0.15) is 11.1 Å². The van der Waals surface area contributed by atoms with Crippen LogP contribution in [0.25, 0.3) is 11.3 Å². The van der Waals surface area contributed by atoms with Crippen molar-refractivity contribution in [3.63, 3.8) is 0 Å². The van der Waals surface area contributed by atoms with Gasteiger partial charge in [-0.15, -0.1) is 0 Å². The highest BCUT2D eigenvalue weighted by Gasteiger charge is 2.33. The molecule has 0 bridgehead atoms. The van der Waals surface area contributed by atoms with Crippen LogP contribution in [0.15, 0.2) is 89.8 Å². The standard InChI is InChI=1S/C28H28ClN5OS/c29-23-9-6-21(7-10-23)27-24(18-32-12-14-33(15-13-32)28(35)25-16-30-19-36-25)34-17-22(8-11-26(34)31-27)20-4-2-1-3-5-20/h1-11,16-17,26,30-31H,12-15,18-19H2. The van der Waals surface area contributed by atoms with E-state index in [4.69, 9.17) is 11.6 Å². The van der Waals surface area contributed by atoms with E-state index in [0.29, 0.717) is 0 Å². The molecule has 6 rings (SSSR count). The summed E-state index contributed by atoms with van der Waals surface area (Å²) in [7, 11) is 0. The van der Waals surface area contributed by atoms with E-state index >= 15 is 0 Å². The van der Waals surface area contributed by atoms with E-state index in [1.165, 1.54) is 16.8 Å². The second-order valence-electron chi connectivity index (χ2n) is 9.20. The van der Waals surface area contributed by atoms with E-state index in [1.807, 2.05) is 29.3 Å². The number of carbonyl (C=O) groups is 1. The van der Waals surface area contributed by atoms with Gasteiger partial charge in [0.05, 0.1) is 22.2 Å². The van der Waals surface area contributed by atoms with E-state index in [1.54, 1.807) is 11.8 Å². The number of hydrogen-bond acceptors (Lipinski definition) is 6. The molecule has 6 nitrogen and oxygen atoms in total. The number of nitrogens with one attached hydrogen (secondary N) is 2. The third kappa shape index (κ3) is 4.66. The number of allylic oxidation sites excluding steroid dienone is 2. The van der Waals surface area contributed by atoms with Crippen molar-refractivity contribution in [3.05, 3.63) is 106 Å². The van der Waals surface area contributed by atoms with E-state index in [-0.39, 0.29) is 12.1 Å². The first-order valence-electron chi connectivity index (χ1n) is 12.2. The number of thioether (sulfide) groups is 1. The van der Waals surface area contributed by atoms with Crippen molar-refractivity contribution in [3.8, 4) is 0 Å². The maximum Gasteiger partial charge on any atom is 0.261 e. The Morgan fingerprint density at radius 2 is 1.78 bits per heavy atom. The highest BCUT2D eigenvalue weighted by atomic mass is 35.5. The maximum atomic E-state index is 12.8. The van der Waals surface area contributed by atoms with Crippen LogP contribution in [0.5, 0.6) is 0 Å². The molecule has 2 aromatic rings. The molecule has 0 saturated carbocycles. The van der Waals surface area contributed by atoms with Crippen molar-refractivity contribution in [2.75, 3.05) is 38.6 Å².